The van der Waals surface area contributed by atoms with Crippen molar-refractivity contribution in [3.63, 3.8) is 0 Å². The van der Waals surface area contributed by atoms with E-state index in [1.165, 1.54) is 0 Å². The summed E-state index contributed by atoms with van der Waals surface area (Å²) in [5, 5.41) is 7.90. The molecule has 7 nitrogen and oxygen atoms in total. The van der Waals surface area contributed by atoms with Gasteiger partial charge in [-0.05, 0) is 30.0 Å². The monoisotopic (exact) mass is 315 g/mol. The lowest BCUT2D eigenvalue weighted by molar-refractivity contribution is -0.136. The van der Waals surface area contributed by atoms with E-state index in [0.717, 1.165) is 29.0 Å². The fraction of sp³-hybridized carbons (Fsp3) is 0.438. The van der Waals surface area contributed by atoms with Crippen LogP contribution in [0.3, 0.4) is 0 Å². The Morgan fingerprint density at radius 1 is 1.52 bits per heavy atom. The Kier molecular flexibility index (Phi) is 3.81. The van der Waals surface area contributed by atoms with Crippen LogP contribution in [0.1, 0.15) is 23.2 Å². The second-order valence-electron chi connectivity index (χ2n) is 6.00. The van der Waals surface area contributed by atoms with E-state index in [1.54, 1.807) is 37.0 Å². The van der Waals surface area contributed by atoms with Crippen LogP contribution < -0.4 is 10.5 Å². The van der Waals surface area contributed by atoms with Gasteiger partial charge in [-0.1, -0.05) is 17.3 Å². The number of nitrogens with two attached hydrogens (primary N) is 1. The fourth-order valence-electron chi connectivity index (χ4n) is 3.23. The van der Waals surface area contributed by atoms with E-state index in [1.807, 2.05) is 18.2 Å². The van der Waals surface area contributed by atoms with Crippen molar-refractivity contribution >= 4 is 5.91 Å². The predicted molar refractivity (Wildman–Crippen MR) is 84.7 cm³/mol. The van der Waals surface area contributed by atoms with Crippen molar-refractivity contribution in [1.82, 2.24) is 19.9 Å². The van der Waals surface area contributed by atoms with Gasteiger partial charge in [-0.3, -0.25) is 9.48 Å². The molecule has 0 spiro atoms. The molecular formula is C16H21N5O2. The largest absolute Gasteiger partial charge is 0.496 e. The van der Waals surface area contributed by atoms with Gasteiger partial charge in [0, 0.05) is 20.3 Å². The Hall–Kier alpha value is -2.41. The summed E-state index contributed by atoms with van der Waals surface area (Å²) in [5.41, 5.74) is 8.11. The first-order valence-electron chi connectivity index (χ1n) is 7.51. The SMILES string of the molecule is COc1cccc2c1CCC2(N)C(=O)N(C)Cc1cn(C)nn1. The zero-order valence-electron chi connectivity index (χ0n) is 13.6. The van der Waals surface area contributed by atoms with Crippen LogP contribution >= 0.6 is 0 Å². The van der Waals surface area contributed by atoms with Crippen LogP contribution in [0.15, 0.2) is 24.4 Å². The van der Waals surface area contributed by atoms with Gasteiger partial charge in [0.15, 0.2) is 0 Å². The van der Waals surface area contributed by atoms with Crippen molar-refractivity contribution in [2.24, 2.45) is 12.8 Å². The molecule has 0 bridgehead atoms. The lowest BCUT2D eigenvalue weighted by Gasteiger charge is -2.29. The summed E-state index contributed by atoms with van der Waals surface area (Å²) >= 11 is 0. The molecule has 0 saturated carbocycles. The summed E-state index contributed by atoms with van der Waals surface area (Å²) in [7, 11) is 5.17. The number of aryl methyl sites for hydroxylation is 1. The third-order valence-electron chi connectivity index (χ3n) is 4.38. The van der Waals surface area contributed by atoms with Crippen LogP contribution in [0, 0.1) is 0 Å². The molecule has 1 aliphatic rings. The number of amides is 1. The number of carbonyl (C=O) groups excluding carboxylic acids is 1. The Labute approximate surface area is 135 Å². The number of methoxy groups -OCH3 is 1. The van der Waals surface area contributed by atoms with Crippen molar-refractivity contribution in [3.05, 3.63) is 41.2 Å². The number of carbonyl (C=O) groups is 1. The first-order valence-corrected chi connectivity index (χ1v) is 7.51. The molecule has 0 fully saturated rings. The van der Waals surface area contributed by atoms with Crippen molar-refractivity contribution in [1.29, 1.82) is 0 Å². The number of hydrogen-bond acceptors (Lipinski definition) is 5. The molecule has 1 aliphatic carbocycles. The van der Waals surface area contributed by atoms with Gasteiger partial charge < -0.3 is 15.4 Å². The highest BCUT2D eigenvalue weighted by Gasteiger charge is 2.44. The molecule has 2 N–H and O–H groups in total. The number of fused-ring (bicyclic) bond motifs is 1. The van der Waals surface area contributed by atoms with Crippen LogP contribution in [-0.4, -0.2) is 40.0 Å². The number of hydrogen-bond donors (Lipinski definition) is 1. The van der Waals surface area contributed by atoms with Gasteiger partial charge in [0.05, 0.1) is 13.7 Å². The molecule has 122 valence electrons. The van der Waals surface area contributed by atoms with E-state index in [9.17, 15) is 4.79 Å². The number of aromatic nitrogens is 3. The van der Waals surface area contributed by atoms with Crippen molar-refractivity contribution in [2.75, 3.05) is 14.2 Å². The first kappa shape index (κ1) is 15.5. The quantitative estimate of drug-likeness (QED) is 0.892. The van der Waals surface area contributed by atoms with Gasteiger partial charge >= 0.3 is 0 Å². The summed E-state index contributed by atoms with van der Waals surface area (Å²) < 4.78 is 7.00. The minimum Gasteiger partial charge on any atom is -0.496 e. The summed E-state index contributed by atoms with van der Waals surface area (Å²) in [6, 6.07) is 5.69. The molecule has 7 heteroatoms. The standard InChI is InChI=1S/C16H21N5O2/c1-20(9-11-10-21(2)19-18-11)15(22)16(17)8-7-12-13(16)5-4-6-14(12)23-3/h4-6,10H,7-9,17H2,1-3H3. The van der Waals surface area contributed by atoms with E-state index in [-0.39, 0.29) is 5.91 Å². The Morgan fingerprint density at radius 3 is 2.96 bits per heavy atom. The molecule has 1 aromatic carbocycles. The van der Waals surface area contributed by atoms with Crippen LogP contribution in [0.5, 0.6) is 5.75 Å². The number of benzene rings is 1. The minimum absolute atomic E-state index is 0.116. The summed E-state index contributed by atoms with van der Waals surface area (Å²) in [5.74, 6) is 0.675. The summed E-state index contributed by atoms with van der Waals surface area (Å²) in [6.45, 7) is 0.380. The van der Waals surface area contributed by atoms with Crippen LogP contribution in [0.2, 0.25) is 0 Å². The number of nitrogens with zero attached hydrogens (tertiary/aromatic N) is 4. The maximum atomic E-state index is 12.9. The molecule has 2 aromatic rings. The number of likely N-dealkylation sites (N-methyl/N-ethyl adjacent to an activating group) is 1. The second-order valence-corrected chi connectivity index (χ2v) is 6.00. The maximum absolute atomic E-state index is 12.9. The van der Waals surface area contributed by atoms with E-state index in [4.69, 9.17) is 10.5 Å². The normalized spacial score (nSPS) is 19.5. The predicted octanol–water partition coefficient (Wildman–Crippen LogP) is 0.583. The number of ether oxygens (including phenoxy) is 1. The molecular weight excluding hydrogens is 294 g/mol. The molecule has 0 aliphatic heterocycles. The summed E-state index contributed by atoms with van der Waals surface area (Å²) in [4.78, 5) is 14.6. The van der Waals surface area contributed by atoms with Gasteiger partial charge in [0.1, 0.15) is 17.0 Å². The van der Waals surface area contributed by atoms with E-state index < -0.39 is 5.54 Å². The van der Waals surface area contributed by atoms with Gasteiger partial charge in [-0.2, -0.15) is 0 Å². The molecule has 1 amide bonds. The van der Waals surface area contributed by atoms with E-state index in [0.29, 0.717) is 13.0 Å². The third kappa shape index (κ3) is 2.57. The van der Waals surface area contributed by atoms with Gasteiger partial charge in [-0.15, -0.1) is 5.10 Å². The minimum atomic E-state index is -1.01. The molecule has 1 unspecified atom stereocenters. The third-order valence-corrected chi connectivity index (χ3v) is 4.38. The van der Waals surface area contributed by atoms with Crippen LogP contribution in [0.25, 0.3) is 0 Å². The molecule has 0 saturated heterocycles. The lowest BCUT2D eigenvalue weighted by Crippen LogP contribution is -2.50. The number of rotatable bonds is 4. The van der Waals surface area contributed by atoms with Gasteiger partial charge in [0.25, 0.3) is 0 Å². The highest BCUT2D eigenvalue weighted by atomic mass is 16.5. The van der Waals surface area contributed by atoms with Crippen LogP contribution in [-0.2, 0) is 30.3 Å². The molecule has 1 aromatic heterocycles. The zero-order chi connectivity index (χ0) is 16.6. The highest BCUT2D eigenvalue weighted by Crippen LogP contribution is 2.40. The van der Waals surface area contributed by atoms with Gasteiger partial charge in [0.2, 0.25) is 5.91 Å². The smallest absolute Gasteiger partial charge is 0.247 e. The average Bonchev–Trinajstić information content (AvgIpc) is 3.11. The molecule has 1 atom stereocenters. The Balaban J connectivity index is 1.86. The first-order chi connectivity index (χ1) is 11.0. The van der Waals surface area contributed by atoms with Crippen molar-refractivity contribution < 1.29 is 9.53 Å². The maximum Gasteiger partial charge on any atom is 0.247 e. The second kappa shape index (κ2) is 5.66. The molecule has 3 rings (SSSR count). The Morgan fingerprint density at radius 2 is 2.30 bits per heavy atom. The topological polar surface area (TPSA) is 86.3 Å². The van der Waals surface area contributed by atoms with Crippen molar-refractivity contribution in [2.45, 2.75) is 24.9 Å². The molecule has 1 heterocycles. The lowest BCUT2D eigenvalue weighted by atomic mass is 9.91. The van der Waals surface area contributed by atoms with Gasteiger partial charge in [-0.25, -0.2) is 0 Å². The fourth-order valence-corrected chi connectivity index (χ4v) is 3.23. The van der Waals surface area contributed by atoms with E-state index >= 15 is 0 Å². The Bertz CT molecular complexity index is 742. The summed E-state index contributed by atoms with van der Waals surface area (Å²) in [6.07, 6.45) is 3.10. The van der Waals surface area contributed by atoms with Crippen LogP contribution in [0.4, 0.5) is 0 Å². The average molecular weight is 315 g/mol. The van der Waals surface area contributed by atoms with Crippen molar-refractivity contribution in [3.8, 4) is 5.75 Å². The zero-order valence-corrected chi connectivity index (χ0v) is 13.6. The van der Waals surface area contributed by atoms with E-state index in [2.05, 4.69) is 10.3 Å². The molecule has 0 radical (unpaired) electrons. The molecule has 23 heavy (non-hydrogen) atoms. The highest BCUT2D eigenvalue weighted by molar-refractivity contribution is 5.89.